The van der Waals surface area contributed by atoms with Crippen LogP contribution in [0.4, 0.5) is 0 Å². The van der Waals surface area contributed by atoms with Crippen molar-refractivity contribution in [3.05, 3.63) is 68.9 Å². The number of hydrogen-bond donors (Lipinski definition) is 2. The number of fused-ring (bicyclic) bond motifs is 1. The van der Waals surface area contributed by atoms with Crippen molar-refractivity contribution in [2.24, 2.45) is 0 Å². The quantitative estimate of drug-likeness (QED) is 0.536. The number of aromatic nitrogens is 2. The maximum absolute atomic E-state index is 12.9. The Morgan fingerprint density at radius 1 is 1.12 bits per heavy atom. The van der Waals surface area contributed by atoms with Crippen molar-refractivity contribution < 1.29 is 14.3 Å². The molecule has 9 heteroatoms. The van der Waals surface area contributed by atoms with Crippen molar-refractivity contribution >= 4 is 16.8 Å². The summed E-state index contributed by atoms with van der Waals surface area (Å²) in [5.41, 5.74) is 0.120. The van der Waals surface area contributed by atoms with Crippen LogP contribution in [0, 0.1) is 0 Å². The number of H-pyrrole nitrogens is 1. The van der Waals surface area contributed by atoms with E-state index in [-0.39, 0.29) is 5.91 Å². The summed E-state index contributed by atoms with van der Waals surface area (Å²) in [5.74, 6) is 0.383. The molecule has 2 heterocycles. The van der Waals surface area contributed by atoms with Gasteiger partial charge in [0.25, 0.3) is 11.5 Å². The summed E-state index contributed by atoms with van der Waals surface area (Å²) in [6, 6.07) is 11.3. The molecule has 2 N–H and O–H groups in total. The first-order valence-electron chi connectivity index (χ1n) is 10.6. The highest BCUT2D eigenvalue weighted by molar-refractivity contribution is 5.97. The zero-order chi connectivity index (χ0) is 22.5. The molecule has 2 aromatic carbocycles. The third-order valence-corrected chi connectivity index (χ3v) is 5.53. The van der Waals surface area contributed by atoms with Gasteiger partial charge in [-0.25, -0.2) is 9.36 Å². The number of amides is 1. The largest absolute Gasteiger partial charge is 0.497 e. The Balaban J connectivity index is 1.48. The fourth-order valence-electron chi connectivity index (χ4n) is 3.76. The Morgan fingerprint density at radius 3 is 2.59 bits per heavy atom. The molecule has 0 bridgehead atoms. The van der Waals surface area contributed by atoms with Gasteiger partial charge in [0, 0.05) is 25.2 Å². The molecule has 1 aromatic heterocycles. The van der Waals surface area contributed by atoms with Gasteiger partial charge in [0.2, 0.25) is 0 Å². The van der Waals surface area contributed by atoms with E-state index in [4.69, 9.17) is 9.47 Å². The summed E-state index contributed by atoms with van der Waals surface area (Å²) in [6.45, 7) is 4.78. The summed E-state index contributed by atoms with van der Waals surface area (Å²) in [6.07, 6.45) is 0.836. The lowest BCUT2D eigenvalue weighted by Crippen LogP contribution is -2.38. The molecule has 0 saturated carbocycles. The maximum Gasteiger partial charge on any atom is 0.333 e. The molecule has 0 spiro atoms. The minimum atomic E-state index is -0.573. The third kappa shape index (κ3) is 4.74. The highest BCUT2D eigenvalue weighted by Crippen LogP contribution is 2.14. The number of nitrogens with zero attached hydrogens (tertiary/aromatic N) is 2. The molecule has 168 valence electrons. The highest BCUT2D eigenvalue weighted by atomic mass is 16.5. The maximum atomic E-state index is 12.9. The molecule has 1 aliphatic heterocycles. The van der Waals surface area contributed by atoms with E-state index in [9.17, 15) is 14.4 Å². The standard InChI is InChI=1S/C23H26N4O5/c1-31-18-6-4-17(5-7-18)27-22(29)19-8-3-16(15-20(19)25-23(27)30)21(28)24-9-2-10-26-11-13-32-14-12-26/h3-8,15H,2,9-14H2,1H3,(H,24,28)(H,25,30). The van der Waals surface area contributed by atoms with E-state index in [0.29, 0.717) is 34.4 Å². The van der Waals surface area contributed by atoms with Gasteiger partial charge >= 0.3 is 5.69 Å². The normalized spacial score (nSPS) is 14.4. The Kier molecular flexibility index (Phi) is 6.67. The van der Waals surface area contributed by atoms with E-state index >= 15 is 0 Å². The average Bonchev–Trinajstić information content (AvgIpc) is 2.82. The molecule has 3 aromatic rings. The zero-order valence-electron chi connectivity index (χ0n) is 17.9. The first-order valence-corrected chi connectivity index (χ1v) is 10.6. The number of carbonyl (C=O) groups is 1. The van der Waals surface area contributed by atoms with Gasteiger partial charge in [-0.1, -0.05) is 0 Å². The molecule has 1 amide bonds. The van der Waals surface area contributed by atoms with Gasteiger partial charge in [0.05, 0.1) is 36.9 Å². The summed E-state index contributed by atoms with van der Waals surface area (Å²) in [4.78, 5) is 43.1. The van der Waals surface area contributed by atoms with E-state index in [0.717, 1.165) is 43.8 Å². The highest BCUT2D eigenvalue weighted by Gasteiger charge is 2.13. The topological polar surface area (TPSA) is 106 Å². The predicted molar refractivity (Wildman–Crippen MR) is 121 cm³/mol. The van der Waals surface area contributed by atoms with Gasteiger partial charge in [-0.2, -0.15) is 0 Å². The lowest BCUT2D eigenvalue weighted by atomic mass is 10.1. The van der Waals surface area contributed by atoms with Crippen molar-refractivity contribution in [2.45, 2.75) is 6.42 Å². The van der Waals surface area contributed by atoms with Crippen molar-refractivity contribution in [3.8, 4) is 11.4 Å². The van der Waals surface area contributed by atoms with Crippen LogP contribution < -0.4 is 21.3 Å². The number of carbonyl (C=O) groups excluding carboxylic acids is 1. The second-order valence-corrected chi connectivity index (χ2v) is 7.59. The van der Waals surface area contributed by atoms with Crippen LogP contribution in [-0.2, 0) is 4.74 Å². The summed E-state index contributed by atoms with van der Waals surface area (Å²) in [7, 11) is 1.54. The Hall–Kier alpha value is -3.43. The molecule has 4 rings (SSSR count). The molecular formula is C23H26N4O5. The Bertz CT molecular complexity index is 1210. The van der Waals surface area contributed by atoms with Crippen molar-refractivity contribution in [1.29, 1.82) is 0 Å². The zero-order valence-corrected chi connectivity index (χ0v) is 17.9. The first-order chi connectivity index (χ1) is 15.6. The lowest BCUT2D eigenvalue weighted by Gasteiger charge is -2.26. The number of benzene rings is 2. The molecule has 32 heavy (non-hydrogen) atoms. The van der Waals surface area contributed by atoms with Gasteiger partial charge in [0.1, 0.15) is 5.75 Å². The number of morpholine rings is 1. The van der Waals surface area contributed by atoms with Crippen LogP contribution in [0.3, 0.4) is 0 Å². The molecule has 0 unspecified atom stereocenters. The number of aromatic amines is 1. The molecule has 0 radical (unpaired) electrons. The lowest BCUT2D eigenvalue weighted by molar-refractivity contribution is 0.0374. The van der Waals surface area contributed by atoms with E-state index in [2.05, 4.69) is 15.2 Å². The monoisotopic (exact) mass is 438 g/mol. The van der Waals surface area contributed by atoms with Gasteiger partial charge in [0.15, 0.2) is 0 Å². The number of ether oxygens (including phenoxy) is 2. The van der Waals surface area contributed by atoms with Gasteiger partial charge < -0.3 is 19.8 Å². The van der Waals surface area contributed by atoms with Crippen molar-refractivity contribution in [3.63, 3.8) is 0 Å². The minimum absolute atomic E-state index is 0.242. The van der Waals surface area contributed by atoms with E-state index in [1.807, 2.05) is 0 Å². The van der Waals surface area contributed by atoms with Gasteiger partial charge in [-0.3, -0.25) is 14.5 Å². The first kappa shape index (κ1) is 21.8. The number of hydrogen-bond acceptors (Lipinski definition) is 6. The van der Waals surface area contributed by atoms with Crippen molar-refractivity contribution in [1.82, 2.24) is 19.8 Å². The Labute approximate surface area is 184 Å². The number of methoxy groups -OCH3 is 1. The molecule has 1 saturated heterocycles. The number of rotatable bonds is 7. The van der Waals surface area contributed by atoms with Crippen molar-refractivity contribution in [2.75, 3.05) is 46.5 Å². The Morgan fingerprint density at radius 2 is 1.88 bits per heavy atom. The van der Waals surface area contributed by atoms with Gasteiger partial charge in [-0.15, -0.1) is 0 Å². The predicted octanol–water partition coefficient (Wildman–Crippen LogP) is 1.14. The molecule has 1 aliphatic rings. The fraction of sp³-hybridized carbons (Fsp3) is 0.348. The van der Waals surface area contributed by atoms with Gasteiger partial charge in [-0.05, 0) is 55.4 Å². The molecular weight excluding hydrogens is 412 g/mol. The second kappa shape index (κ2) is 9.80. The van der Waals surface area contributed by atoms with Crippen LogP contribution in [0.5, 0.6) is 5.75 Å². The third-order valence-electron chi connectivity index (χ3n) is 5.53. The average molecular weight is 438 g/mol. The minimum Gasteiger partial charge on any atom is -0.497 e. The van der Waals surface area contributed by atoms with Crippen LogP contribution in [0.1, 0.15) is 16.8 Å². The van der Waals surface area contributed by atoms with Crippen LogP contribution >= 0.6 is 0 Å². The molecule has 1 fully saturated rings. The van der Waals surface area contributed by atoms with Crippen LogP contribution in [0.15, 0.2) is 52.1 Å². The van der Waals surface area contributed by atoms with Crippen LogP contribution in [-0.4, -0.2) is 66.9 Å². The van der Waals surface area contributed by atoms with E-state index in [1.54, 1.807) is 43.5 Å². The summed E-state index contributed by atoms with van der Waals surface area (Å²) >= 11 is 0. The fourth-order valence-corrected chi connectivity index (χ4v) is 3.76. The molecule has 9 nitrogen and oxygen atoms in total. The molecule has 0 atom stereocenters. The molecule has 0 aliphatic carbocycles. The summed E-state index contributed by atoms with van der Waals surface area (Å²) in [5, 5.41) is 3.22. The summed E-state index contributed by atoms with van der Waals surface area (Å²) < 4.78 is 11.5. The van der Waals surface area contributed by atoms with Crippen LogP contribution in [0.25, 0.3) is 16.6 Å². The van der Waals surface area contributed by atoms with E-state index < -0.39 is 11.2 Å². The smallest absolute Gasteiger partial charge is 0.333 e. The SMILES string of the molecule is COc1ccc(-n2c(=O)[nH]c3cc(C(=O)NCCCN4CCOCC4)ccc3c2=O)cc1. The number of nitrogens with one attached hydrogen (secondary N) is 2. The van der Waals surface area contributed by atoms with E-state index in [1.165, 1.54) is 6.07 Å². The van der Waals surface area contributed by atoms with Crippen LogP contribution in [0.2, 0.25) is 0 Å². The second-order valence-electron chi connectivity index (χ2n) is 7.59.